The second-order valence-electron chi connectivity index (χ2n) is 3.25. The Labute approximate surface area is 88.9 Å². The quantitative estimate of drug-likeness (QED) is 0.710. The fourth-order valence-electron chi connectivity index (χ4n) is 1.08. The van der Waals surface area contributed by atoms with E-state index in [1.54, 1.807) is 12.4 Å². The van der Waals surface area contributed by atoms with Gasteiger partial charge < -0.3 is 11.1 Å². The van der Waals surface area contributed by atoms with Crippen molar-refractivity contribution in [2.75, 3.05) is 5.32 Å². The summed E-state index contributed by atoms with van der Waals surface area (Å²) in [6.45, 7) is 1.89. The van der Waals surface area contributed by atoms with E-state index in [-0.39, 0.29) is 12.3 Å². The summed E-state index contributed by atoms with van der Waals surface area (Å²) >= 11 is 0. The number of nitrogens with two attached hydrogens (primary N) is 1. The number of anilines is 1. The summed E-state index contributed by atoms with van der Waals surface area (Å²) in [7, 11) is 0. The van der Waals surface area contributed by atoms with Gasteiger partial charge in [0.05, 0.1) is 17.9 Å². The third-order valence-corrected chi connectivity index (χ3v) is 1.82. The number of aromatic nitrogens is 1. The zero-order valence-corrected chi connectivity index (χ0v) is 8.53. The summed E-state index contributed by atoms with van der Waals surface area (Å²) in [6, 6.07) is 1.14. The van der Waals surface area contributed by atoms with Crippen molar-refractivity contribution < 1.29 is 4.79 Å². The number of terminal acetylenes is 1. The van der Waals surface area contributed by atoms with Crippen LogP contribution in [0.2, 0.25) is 0 Å². The summed E-state index contributed by atoms with van der Waals surface area (Å²) in [5.74, 6) is 2.05. The summed E-state index contributed by atoms with van der Waals surface area (Å²) in [4.78, 5) is 15.4. The highest BCUT2D eigenvalue weighted by molar-refractivity contribution is 5.94. The number of carbonyl (C=O) groups excluding carboxylic acids is 1. The molecule has 1 heterocycles. The van der Waals surface area contributed by atoms with Gasteiger partial charge in [0.25, 0.3) is 0 Å². The van der Waals surface area contributed by atoms with Gasteiger partial charge in [-0.2, -0.15) is 0 Å². The van der Waals surface area contributed by atoms with E-state index >= 15 is 0 Å². The molecule has 0 aromatic carbocycles. The van der Waals surface area contributed by atoms with Crippen molar-refractivity contribution in [3.63, 3.8) is 0 Å². The SMILES string of the molecule is C#CCC(N)C(=O)Nc1cncc(C)c1. The maximum atomic E-state index is 11.5. The Hall–Kier alpha value is -1.86. The topological polar surface area (TPSA) is 68.0 Å². The second kappa shape index (κ2) is 5.13. The molecule has 0 saturated heterocycles. The molecule has 0 bridgehead atoms. The van der Waals surface area contributed by atoms with Crippen LogP contribution >= 0.6 is 0 Å². The normalized spacial score (nSPS) is 11.5. The van der Waals surface area contributed by atoms with E-state index < -0.39 is 6.04 Å². The number of hydrogen-bond donors (Lipinski definition) is 2. The fourth-order valence-corrected chi connectivity index (χ4v) is 1.08. The number of amides is 1. The highest BCUT2D eigenvalue weighted by Gasteiger charge is 2.11. The molecule has 3 N–H and O–H groups in total. The Balaban J connectivity index is 2.63. The number of nitrogens with zero attached hydrogens (tertiary/aromatic N) is 1. The molecule has 4 nitrogen and oxygen atoms in total. The zero-order chi connectivity index (χ0) is 11.3. The lowest BCUT2D eigenvalue weighted by molar-refractivity contribution is -0.117. The predicted molar refractivity (Wildman–Crippen MR) is 59.0 cm³/mol. The van der Waals surface area contributed by atoms with Gasteiger partial charge in [-0.1, -0.05) is 0 Å². The van der Waals surface area contributed by atoms with Gasteiger partial charge >= 0.3 is 0 Å². The largest absolute Gasteiger partial charge is 0.323 e. The van der Waals surface area contributed by atoms with Crippen LogP contribution in [0.25, 0.3) is 0 Å². The van der Waals surface area contributed by atoms with E-state index in [2.05, 4.69) is 16.2 Å². The van der Waals surface area contributed by atoms with Crippen LogP contribution in [-0.4, -0.2) is 16.9 Å². The number of carbonyl (C=O) groups is 1. The van der Waals surface area contributed by atoms with Gasteiger partial charge in [0.15, 0.2) is 0 Å². The highest BCUT2D eigenvalue weighted by Crippen LogP contribution is 2.07. The first-order valence-electron chi connectivity index (χ1n) is 4.55. The van der Waals surface area contributed by atoms with Crippen molar-refractivity contribution >= 4 is 11.6 Å². The minimum atomic E-state index is -0.671. The van der Waals surface area contributed by atoms with Crippen molar-refractivity contribution in [1.29, 1.82) is 0 Å². The van der Waals surface area contributed by atoms with Crippen molar-refractivity contribution in [2.45, 2.75) is 19.4 Å². The molecule has 1 unspecified atom stereocenters. The Morgan fingerprint density at radius 1 is 1.73 bits per heavy atom. The Bertz CT molecular complexity index is 395. The van der Waals surface area contributed by atoms with E-state index in [4.69, 9.17) is 12.2 Å². The molecule has 1 rings (SSSR count). The second-order valence-corrected chi connectivity index (χ2v) is 3.25. The van der Waals surface area contributed by atoms with Crippen molar-refractivity contribution in [3.05, 3.63) is 24.0 Å². The maximum absolute atomic E-state index is 11.5. The molecule has 0 fully saturated rings. The van der Waals surface area contributed by atoms with Crippen molar-refractivity contribution in [3.8, 4) is 12.3 Å². The highest BCUT2D eigenvalue weighted by atomic mass is 16.2. The number of pyridine rings is 1. The van der Waals surface area contributed by atoms with Crippen LogP contribution in [0.15, 0.2) is 18.5 Å². The molecule has 1 aromatic heterocycles. The molecular formula is C11H13N3O. The molecule has 0 aliphatic heterocycles. The molecule has 0 aliphatic carbocycles. The minimum absolute atomic E-state index is 0.227. The van der Waals surface area contributed by atoms with E-state index in [0.29, 0.717) is 5.69 Å². The number of nitrogens with one attached hydrogen (secondary N) is 1. The summed E-state index contributed by atoms with van der Waals surface area (Å²) in [6.07, 6.45) is 8.56. The molecule has 0 saturated carbocycles. The molecule has 1 aromatic rings. The van der Waals surface area contributed by atoms with Crippen LogP contribution in [0, 0.1) is 19.3 Å². The van der Waals surface area contributed by atoms with Gasteiger partial charge in [0.2, 0.25) is 5.91 Å². The number of rotatable bonds is 3. The van der Waals surface area contributed by atoms with E-state index in [1.807, 2.05) is 13.0 Å². The van der Waals surface area contributed by atoms with Gasteiger partial charge in [-0.05, 0) is 18.6 Å². The molecule has 0 aliphatic rings. The lowest BCUT2D eigenvalue weighted by Gasteiger charge is -2.09. The molecule has 1 amide bonds. The molecule has 1 atom stereocenters. The van der Waals surface area contributed by atoms with Gasteiger partial charge in [-0.25, -0.2) is 0 Å². The Morgan fingerprint density at radius 3 is 3.07 bits per heavy atom. The first-order valence-corrected chi connectivity index (χ1v) is 4.55. The molecule has 78 valence electrons. The Kier molecular flexibility index (Phi) is 3.83. The summed E-state index contributed by atoms with van der Waals surface area (Å²) < 4.78 is 0. The minimum Gasteiger partial charge on any atom is -0.323 e. The third kappa shape index (κ3) is 3.41. The molecule has 0 radical (unpaired) electrons. The lowest BCUT2D eigenvalue weighted by Crippen LogP contribution is -2.35. The van der Waals surface area contributed by atoms with Gasteiger partial charge in [0.1, 0.15) is 0 Å². The molecule has 0 spiro atoms. The summed E-state index contributed by atoms with van der Waals surface area (Å²) in [5.41, 5.74) is 7.14. The third-order valence-electron chi connectivity index (χ3n) is 1.82. The monoisotopic (exact) mass is 203 g/mol. The van der Waals surface area contributed by atoms with Crippen LogP contribution in [0.5, 0.6) is 0 Å². The zero-order valence-electron chi connectivity index (χ0n) is 8.53. The van der Waals surface area contributed by atoms with Crippen LogP contribution in [0.4, 0.5) is 5.69 Å². The fraction of sp³-hybridized carbons (Fsp3) is 0.273. The average molecular weight is 203 g/mol. The van der Waals surface area contributed by atoms with Crippen molar-refractivity contribution in [1.82, 2.24) is 4.98 Å². The van der Waals surface area contributed by atoms with Crippen LogP contribution in [0.3, 0.4) is 0 Å². The van der Waals surface area contributed by atoms with Gasteiger partial charge in [0, 0.05) is 12.6 Å². The maximum Gasteiger partial charge on any atom is 0.242 e. The van der Waals surface area contributed by atoms with Gasteiger partial charge in [-0.15, -0.1) is 12.3 Å². The number of aryl methyl sites for hydroxylation is 1. The average Bonchev–Trinajstić information content (AvgIpc) is 2.18. The van der Waals surface area contributed by atoms with Crippen molar-refractivity contribution in [2.24, 2.45) is 5.73 Å². The first-order chi connectivity index (χ1) is 7.13. The van der Waals surface area contributed by atoms with Crippen LogP contribution in [-0.2, 0) is 4.79 Å². The molecular weight excluding hydrogens is 190 g/mol. The van der Waals surface area contributed by atoms with Crippen LogP contribution < -0.4 is 11.1 Å². The van der Waals surface area contributed by atoms with E-state index in [0.717, 1.165) is 5.56 Å². The lowest BCUT2D eigenvalue weighted by atomic mass is 10.2. The van der Waals surface area contributed by atoms with E-state index in [1.165, 1.54) is 0 Å². The Morgan fingerprint density at radius 2 is 2.47 bits per heavy atom. The van der Waals surface area contributed by atoms with Crippen LogP contribution in [0.1, 0.15) is 12.0 Å². The summed E-state index contributed by atoms with van der Waals surface area (Å²) in [5, 5.41) is 2.65. The number of hydrogen-bond acceptors (Lipinski definition) is 3. The van der Waals surface area contributed by atoms with E-state index in [9.17, 15) is 4.79 Å². The standard InChI is InChI=1S/C11H13N3O/c1-3-4-10(12)11(15)14-9-5-8(2)6-13-7-9/h1,5-7,10H,4,12H2,2H3,(H,14,15). The molecule has 15 heavy (non-hydrogen) atoms. The molecule has 4 heteroatoms. The first kappa shape index (κ1) is 11.2. The van der Waals surface area contributed by atoms with Gasteiger partial charge in [-0.3, -0.25) is 9.78 Å². The predicted octanol–water partition coefficient (Wildman–Crippen LogP) is 0.679. The smallest absolute Gasteiger partial charge is 0.242 e.